The molecule has 0 bridgehead atoms. The lowest BCUT2D eigenvalue weighted by molar-refractivity contribution is 0.0176. The second kappa shape index (κ2) is 7.55. The number of sulfone groups is 1. The number of hydrogen-bond donors (Lipinski definition) is 0. The van der Waals surface area contributed by atoms with Crippen LogP contribution in [0.1, 0.15) is 39.2 Å². The fraction of sp³-hybridized carbons (Fsp3) is 0.611. The van der Waals surface area contributed by atoms with Crippen molar-refractivity contribution in [3.05, 3.63) is 35.9 Å². The highest BCUT2D eigenvalue weighted by atomic mass is 32.2. The first kappa shape index (κ1) is 18.8. The first-order valence-corrected chi connectivity index (χ1v) is 10.2. The molecule has 0 spiro atoms. The van der Waals surface area contributed by atoms with Crippen molar-refractivity contribution < 1.29 is 17.9 Å². The largest absolute Gasteiger partial charge is 0.444 e. The molecule has 0 N–H and O–H groups in total. The van der Waals surface area contributed by atoms with Gasteiger partial charge in [-0.2, -0.15) is 0 Å². The minimum absolute atomic E-state index is 0.0278. The summed E-state index contributed by atoms with van der Waals surface area (Å²) in [6, 6.07) is 9.21. The third-order valence-corrected chi connectivity index (χ3v) is 5.64. The highest BCUT2D eigenvalue weighted by molar-refractivity contribution is 7.90. The Morgan fingerprint density at radius 2 is 1.92 bits per heavy atom. The Balaban J connectivity index is 1.93. The predicted molar refractivity (Wildman–Crippen MR) is 94.5 cm³/mol. The number of benzene rings is 1. The minimum Gasteiger partial charge on any atom is -0.444 e. The van der Waals surface area contributed by atoms with E-state index < -0.39 is 15.4 Å². The lowest BCUT2D eigenvalue weighted by Crippen LogP contribution is -2.44. The van der Waals surface area contributed by atoms with E-state index in [1.165, 1.54) is 0 Å². The zero-order valence-corrected chi connectivity index (χ0v) is 15.5. The van der Waals surface area contributed by atoms with Gasteiger partial charge in [0.1, 0.15) is 5.60 Å². The van der Waals surface area contributed by atoms with Gasteiger partial charge in [0.15, 0.2) is 9.84 Å². The third-order valence-electron chi connectivity index (χ3n) is 3.89. The van der Waals surface area contributed by atoms with Crippen LogP contribution in [0.15, 0.2) is 30.3 Å². The van der Waals surface area contributed by atoms with E-state index in [1.807, 2.05) is 51.1 Å². The maximum atomic E-state index is 12.4. The lowest BCUT2D eigenvalue weighted by Gasteiger charge is -2.34. The Hall–Kier alpha value is -1.56. The number of piperidine rings is 1. The quantitative estimate of drug-likeness (QED) is 0.833. The van der Waals surface area contributed by atoms with Gasteiger partial charge in [0.05, 0.1) is 11.5 Å². The maximum Gasteiger partial charge on any atom is 0.410 e. The number of nitrogens with zero attached hydrogens (tertiary/aromatic N) is 1. The molecule has 1 aliphatic heterocycles. The Bertz CT molecular complexity index is 649. The van der Waals surface area contributed by atoms with Crippen LogP contribution in [0.2, 0.25) is 0 Å². The molecule has 6 heteroatoms. The van der Waals surface area contributed by atoms with Crippen molar-refractivity contribution >= 4 is 15.9 Å². The highest BCUT2D eigenvalue weighted by Crippen LogP contribution is 2.22. The van der Waals surface area contributed by atoms with Gasteiger partial charge in [-0.15, -0.1) is 0 Å². The molecular formula is C18H27NO4S. The molecule has 1 saturated heterocycles. The maximum absolute atomic E-state index is 12.4. The summed E-state index contributed by atoms with van der Waals surface area (Å²) in [6.45, 7) is 6.57. The van der Waals surface area contributed by atoms with E-state index in [0.717, 1.165) is 18.4 Å². The molecule has 1 aromatic rings. The monoisotopic (exact) mass is 353 g/mol. The fourth-order valence-corrected chi connectivity index (χ4v) is 4.75. The molecule has 5 nitrogen and oxygen atoms in total. The first-order chi connectivity index (χ1) is 11.1. The van der Waals surface area contributed by atoms with Crippen LogP contribution in [0.3, 0.4) is 0 Å². The second-order valence-corrected chi connectivity index (χ2v) is 9.58. The van der Waals surface area contributed by atoms with Gasteiger partial charge in [-0.25, -0.2) is 13.2 Å². The van der Waals surface area contributed by atoms with Crippen LogP contribution in [-0.4, -0.2) is 43.9 Å². The lowest BCUT2D eigenvalue weighted by atomic mass is 10.0. The predicted octanol–water partition coefficient (Wildman–Crippen LogP) is 3.25. The van der Waals surface area contributed by atoms with Crippen LogP contribution in [0.4, 0.5) is 4.79 Å². The van der Waals surface area contributed by atoms with Gasteiger partial charge in [0, 0.05) is 13.1 Å². The van der Waals surface area contributed by atoms with Gasteiger partial charge in [-0.05, 0) is 45.1 Å². The van der Waals surface area contributed by atoms with Crippen molar-refractivity contribution in [2.24, 2.45) is 5.92 Å². The fourth-order valence-electron chi connectivity index (χ4n) is 2.94. The number of ether oxygens (including phenoxy) is 1. The third kappa shape index (κ3) is 6.15. The molecule has 0 aromatic heterocycles. The molecule has 0 radical (unpaired) electrons. The molecule has 1 unspecified atom stereocenters. The van der Waals surface area contributed by atoms with E-state index in [2.05, 4.69) is 0 Å². The summed E-state index contributed by atoms with van der Waals surface area (Å²) in [4.78, 5) is 13.8. The minimum atomic E-state index is -3.20. The summed E-state index contributed by atoms with van der Waals surface area (Å²) >= 11 is 0. The van der Waals surface area contributed by atoms with Gasteiger partial charge in [0.25, 0.3) is 0 Å². The summed E-state index contributed by atoms with van der Waals surface area (Å²) in [5, 5.41) is 0. The molecule has 0 saturated carbocycles. The van der Waals surface area contributed by atoms with Crippen LogP contribution in [0.5, 0.6) is 0 Å². The average Bonchev–Trinajstić information content (AvgIpc) is 2.45. The number of amides is 1. The summed E-state index contributed by atoms with van der Waals surface area (Å²) in [5.41, 5.74) is 0.265. The van der Waals surface area contributed by atoms with Gasteiger partial charge in [-0.3, -0.25) is 0 Å². The van der Waals surface area contributed by atoms with E-state index >= 15 is 0 Å². The van der Waals surface area contributed by atoms with Gasteiger partial charge >= 0.3 is 6.09 Å². The van der Waals surface area contributed by atoms with Crippen molar-refractivity contribution in [3.8, 4) is 0 Å². The summed E-state index contributed by atoms with van der Waals surface area (Å²) < 4.78 is 30.3. The Labute approximate surface area is 144 Å². The second-order valence-electron chi connectivity index (χ2n) is 7.47. The van der Waals surface area contributed by atoms with E-state index in [1.54, 1.807) is 4.90 Å². The normalized spacial score (nSPS) is 19.1. The van der Waals surface area contributed by atoms with Crippen LogP contribution in [-0.2, 0) is 20.3 Å². The number of rotatable bonds is 4. The Morgan fingerprint density at radius 3 is 2.54 bits per heavy atom. The smallest absolute Gasteiger partial charge is 0.410 e. The number of carbonyl (C=O) groups is 1. The molecular weight excluding hydrogens is 326 g/mol. The molecule has 1 aromatic carbocycles. The molecule has 0 aliphatic carbocycles. The topological polar surface area (TPSA) is 63.7 Å². The van der Waals surface area contributed by atoms with Crippen molar-refractivity contribution in [3.63, 3.8) is 0 Å². The number of hydrogen-bond acceptors (Lipinski definition) is 4. The number of likely N-dealkylation sites (tertiary alicyclic amines) is 1. The molecule has 134 valence electrons. The van der Waals surface area contributed by atoms with Crippen molar-refractivity contribution in [1.29, 1.82) is 0 Å². The molecule has 1 heterocycles. The van der Waals surface area contributed by atoms with E-state index in [9.17, 15) is 13.2 Å². The summed E-state index contributed by atoms with van der Waals surface area (Å²) in [6.07, 6.45) is 1.28. The molecule has 1 atom stereocenters. The van der Waals surface area contributed by atoms with Crippen LogP contribution in [0.25, 0.3) is 0 Å². The summed E-state index contributed by atoms with van der Waals surface area (Å²) in [5.74, 6) is 0.137. The van der Waals surface area contributed by atoms with Gasteiger partial charge in [-0.1, -0.05) is 30.3 Å². The zero-order chi connectivity index (χ0) is 17.8. The molecule has 1 amide bonds. The van der Waals surface area contributed by atoms with Crippen LogP contribution < -0.4 is 0 Å². The Kier molecular flexibility index (Phi) is 5.91. The van der Waals surface area contributed by atoms with Gasteiger partial charge in [0.2, 0.25) is 0 Å². The van der Waals surface area contributed by atoms with Crippen molar-refractivity contribution in [1.82, 2.24) is 4.90 Å². The summed E-state index contributed by atoms with van der Waals surface area (Å²) in [7, 11) is -3.20. The van der Waals surface area contributed by atoms with Crippen LogP contribution in [0, 0.1) is 5.92 Å². The molecule has 2 rings (SSSR count). The molecule has 1 fully saturated rings. The first-order valence-electron chi connectivity index (χ1n) is 8.37. The highest BCUT2D eigenvalue weighted by Gasteiger charge is 2.30. The molecule has 24 heavy (non-hydrogen) atoms. The standard InChI is InChI=1S/C18H27NO4S/c1-18(2,3)23-17(20)19-11-7-10-16(12-19)14-24(21,22)13-15-8-5-4-6-9-15/h4-6,8-9,16H,7,10-14H2,1-3H3. The Morgan fingerprint density at radius 1 is 1.25 bits per heavy atom. The van der Waals surface area contributed by atoms with Crippen LogP contribution >= 0.6 is 0 Å². The number of carbonyl (C=O) groups excluding carboxylic acids is 1. The van der Waals surface area contributed by atoms with E-state index in [0.29, 0.717) is 13.1 Å². The SMILES string of the molecule is CC(C)(C)OC(=O)N1CCCC(CS(=O)(=O)Cc2ccccc2)C1. The molecule has 1 aliphatic rings. The van der Waals surface area contributed by atoms with Crippen molar-refractivity contribution in [2.75, 3.05) is 18.8 Å². The van der Waals surface area contributed by atoms with E-state index in [-0.39, 0.29) is 23.5 Å². The zero-order valence-electron chi connectivity index (χ0n) is 14.7. The van der Waals surface area contributed by atoms with Gasteiger partial charge < -0.3 is 9.64 Å². The van der Waals surface area contributed by atoms with Crippen molar-refractivity contribution in [2.45, 2.75) is 45.0 Å². The van der Waals surface area contributed by atoms with E-state index in [4.69, 9.17) is 4.74 Å². The average molecular weight is 353 g/mol.